The average molecular weight is 306 g/mol. The van der Waals surface area contributed by atoms with Crippen LogP contribution in [-0.4, -0.2) is 43.2 Å². The summed E-state index contributed by atoms with van der Waals surface area (Å²) in [4.78, 5) is 11.6. The molecule has 0 saturated heterocycles. The first-order valence-electron chi connectivity index (χ1n) is 6.57. The highest BCUT2D eigenvalue weighted by Gasteiger charge is 2.45. The van der Waals surface area contributed by atoms with E-state index in [4.69, 9.17) is 4.74 Å². The van der Waals surface area contributed by atoms with E-state index in [9.17, 15) is 30.3 Å². The zero-order valence-corrected chi connectivity index (χ0v) is 11.3. The Kier molecular flexibility index (Phi) is 3.21. The summed E-state index contributed by atoms with van der Waals surface area (Å²) in [5, 5.41) is 49.2. The molecule has 7 nitrogen and oxygen atoms in total. The van der Waals surface area contributed by atoms with Gasteiger partial charge in [0.05, 0.1) is 0 Å². The molecule has 1 aliphatic heterocycles. The summed E-state index contributed by atoms with van der Waals surface area (Å²) in [6.07, 6.45) is -2.36. The fourth-order valence-electron chi connectivity index (χ4n) is 2.55. The van der Waals surface area contributed by atoms with Crippen molar-refractivity contribution >= 4 is 5.78 Å². The minimum Gasteiger partial charge on any atom is -0.509 e. The van der Waals surface area contributed by atoms with Crippen molar-refractivity contribution in [2.45, 2.75) is 24.4 Å². The molecule has 1 aliphatic carbocycles. The minimum atomic E-state index is -2.64. The fourth-order valence-corrected chi connectivity index (χ4v) is 2.55. The van der Waals surface area contributed by atoms with Crippen LogP contribution in [0.5, 0.6) is 5.75 Å². The molecule has 0 aromatic heterocycles. The van der Waals surface area contributed by atoms with E-state index < -0.39 is 36.0 Å². The molecule has 0 radical (unpaired) electrons. The Hall–Kier alpha value is -2.35. The fraction of sp³-hybridized carbons (Fsp3) is 0.267. The zero-order valence-electron chi connectivity index (χ0n) is 11.3. The van der Waals surface area contributed by atoms with Crippen molar-refractivity contribution in [1.29, 1.82) is 0 Å². The number of para-hydroxylation sites is 1. The second-order valence-electron chi connectivity index (χ2n) is 5.27. The molecule has 22 heavy (non-hydrogen) atoms. The Labute approximate surface area is 125 Å². The van der Waals surface area contributed by atoms with Crippen molar-refractivity contribution < 1.29 is 35.1 Å². The predicted octanol–water partition coefficient (Wildman–Crippen LogP) is 0.174. The molecule has 7 heteroatoms. The Balaban J connectivity index is 2.06. The predicted molar refractivity (Wildman–Crippen MR) is 72.5 cm³/mol. The molecule has 2 unspecified atom stereocenters. The first-order chi connectivity index (χ1) is 10.3. The van der Waals surface area contributed by atoms with E-state index in [-0.39, 0.29) is 22.6 Å². The molecule has 1 aromatic carbocycles. The van der Waals surface area contributed by atoms with Gasteiger partial charge in [-0.3, -0.25) is 4.79 Å². The molecular weight excluding hydrogens is 292 g/mol. The second kappa shape index (κ2) is 4.84. The van der Waals surface area contributed by atoms with Gasteiger partial charge in [0.1, 0.15) is 17.3 Å². The number of ketones is 1. The zero-order chi connectivity index (χ0) is 16.1. The number of fused-ring (bicyclic) bond motifs is 1. The number of allylic oxidation sites excluding steroid dienone is 1. The summed E-state index contributed by atoms with van der Waals surface area (Å²) >= 11 is 0. The highest BCUT2D eigenvalue weighted by molar-refractivity contribution is 5.98. The highest BCUT2D eigenvalue weighted by atomic mass is 16.5. The van der Waals surface area contributed by atoms with E-state index in [1.807, 2.05) is 0 Å². The molecule has 2 aliphatic rings. The number of hydrogen-bond donors (Lipinski definition) is 5. The topological polar surface area (TPSA) is 127 Å². The molecule has 0 amide bonds. The van der Waals surface area contributed by atoms with Gasteiger partial charge in [0, 0.05) is 23.6 Å². The van der Waals surface area contributed by atoms with Crippen LogP contribution in [0.1, 0.15) is 18.1 Å². The minimum absolute atomic E-state index is 0.0521. The molecule has 3 rings (SSSR count). The maximum absolute atomic E-state index is 11.6. The number of carbonyl (C=O) groups is 1. The number of aliphatic hydroxyl groups excluding tert-OH is 2. The third-order valence-electron chi connectivity index (χ3n) is 3.75. The van der Waals surface area contributed by atoms with Crippen LogP contribution in [0.25, 0.3) is 0 Å². The van der Waals surface area contributed by atoms with E-state index in [0.29, 0.717) is 0 Å². The first-order valence-corrected chi connectivity index (χ1v) is 6.57. The summed E-state index contributed by atoms with van der Waals surface area (Å²) in [6.45, 7) is 0. The summed E-state index contributed by atoms with van der Waals surface area (Å²) in [7, 11) is 0. The van der Waals surface area contributed by atoms with Crippen LogP contribution in [0.15, 0.2) is 47.4 Å². The smallest absolute Gasteiger partial charge is 0.232 e. The van der Waals surface area contributed by atoms with E-state index in [1.54, 1.807) is 12.1 Å². The van der Waals surface area contributed by atoms with Crippen molar-refractivity contribution in [3.05, 3.63) is 53.0 Å². The number of carbonyl (C=O) groups excluding carboxylic acids is 1. The quantitative estimate of drug-likeness (QED) is 0.468. The Morgan fingerprint density at radius 1 is 1.18 bits per heavy atom. The summed E-state index contributed by atoms with van der Waals surface area (Å²) in [5.41, 5.74) is 0.183. The van der Waals surface area contributed by atoms with Crippen molar-refractivity contribution in [1.82, 2.24) is 0 Å². The molecule has 0 fully saturated rings. The number of phenols is 1. The van der Waals surface area contributed by atoms with Gasteiger partial charge in [0.15, 0.2) is 12.2 Å². The van der Waals surface area contributed by atoms with Crippen LogP contribution in [-0.2, 0) is 9.53 Å². The van der Waals surface area contributed by atoms with Gasteiger partial charge in [0.25, 0.3) is 0 Å². The van der Waals surface area contributed by atoms with Gasteiger partial charge in [-0.1, -0.05) is 18.2 Å². The van der Waals surface area contributed by atoms with Crippen LogP contribution >= 0.6 is 0 Å². The van der Waals surface area contributed by atoms with Crippen molar-refractivity contribution in [2.75, 3.05) is 0 Å². The Bertz CT molecular complexity index is 702. The lowest BCUT2D eigenvalue weighted by molar-refractivity contribution is -0.179. The highest BCUT2D eigenvalue weighted by Crippen LogP contribution is 2.43. The molecule has 0 saturated carbocycles. The van der Waals surface area contributed by atoms with E-state index >= 15 is 0 Å². The van der Waals surface area contributed by atoms with E-state index in [1.165, 1.54) is 12.1 Å². The molecule has 2 atom stereocenters. The lowest BCUT2D eigenvalue weighted by Crippen LogP contribution is -2.43. The summed E-state index contributed by atoms with van der Waals surface area (Å²) in [6, 6.07) is 6.11. The number of phenolic OH excluding ortho intramolecular Hbond substituents is 1. The van der Waals surface area contributed by atoms with E-state index in [0.717, 1.165) is 6.08 Å². The van der Waals surface area contributed by atoms with Crippen LogP contribution in [0.3, 0.4) is 0 Å². The van der Waals surface area contributed by atoms with Gasteiger partial charge < -0.3 is 30.3 Å². The van der Waals surface area contributed by atoms with Crippen LogP contribution in [0.4, 0.5) is 0 Å². The van der Waals surface area contributed by atoms with Gasteiger partial charge in [-0.15, -0.1) is 0 Å². The van der Waals surface area contributed by atoms with E-state index in [2.05, 4.69) is 0 Å². The largest absolute Gasteiger partial charge is 0.509 e. The number of rotatable bonds is 1. The van der Waals surface area contributed by atoms with Crippen molar-refractivity contribution in [3.63, 3.8) is 0 Å². The molecule has 0 bridgehead atoms. The average Bonchev–Trinajstić information content (AvgIpc) is 2.46. The number of ether oxygens (including phenoxy) is 1. The van der Waals surface area contributed by atoms with Crippen LogP contribution < -0.4 is 0 Å². The number of benzene rings is 1. The molecule has 0 spiro atoms. The number of hydrogen-bond acceptors (Lipinski definition) is 7. The molecule has 116 valence electrons. The van der Waals surface area contributed by atoms with Gasteiger partial charge in [0.2, 0.25) is 11.6 Å². The number of aliphatic hydroxyl groups is 4. The molecular formula is C15H14O7. The standard InChI is InChI=1S/C15H14O7/c16-9-4-2-1-3-7(9)14-13(19)12(18)8-6-15(20,21)11(17)5-10(8)22-14/h1-5,13-14,16,18-21H,6H2. The maximum atomic E-state index is 11.6. The maximum Gasteiger partial charge on any atom is 0.232 e. The third-order valence-corrected chi connectivity index (χ3v) is 3.75. The SMILES string of the molecule is O=C1C=C2OC(c3ccccc3O)C(O)C(O)=C2CC1(O)O. The normalized spacial score (nSPS) is 27.0. The first kappa shape index (κ1) is 14.6. The molecule has 1 heterocycles. The van der Waals surface area contributed by atoms with Gasteiger partial charge in [-0.25, -0.2) is 0 Å². The van der Waals surface area contributed by atoms with Crippen molar-refractivity contribution in [3.8, 4) is 5.75 Å². The monoisotopic (exact) mass is 306 g/mol. The number of aromatic hydroxyl groups is 1. The Morgan fingerprint density at radius 2 is 1.86 bits per heavy atom. The summed E-state index contributed by atoms with van der Waals surface area (Å²) in [5.74, 6) is -4.33. The van der Waals surface area contributed by atoms with Crippen LogP contribution in [0.2, 0.25) is 0 Å². The molecule has 1 aromatic rings. The summed E-state index contributed by atoms with van der Waals surface area (Å²) < 4.78 is 5.49. The van der Waals surface area contributed by atoms with Crippen molar-refractivity contribution in [2.24, 2.45) is 0 Å². The lowest BCUT2D eigenvalue weighted by atomic mass is 9.87. The lowest BCUT2D eigenvalue weighted by Gasteiger charge is -2.36. The Morgan fingerprint density at radius 3 is 2.55 bits per heavy atom. The second-order valence-corrected chi connectivity index (χ2v) is 5.27. The third kappa shape index (κ3) is 2.16. The van der Waals surface area contributed by atoms with Gasteiger partial charge in [-0.2, -0.15) is 0 Å². The molecule has 5 N–H and O–H groups in total. The van der Waals surface area contributed by atoms with Gasteiger partial charge in [-0.05, 0) is 6.07 Å². The van der Waals surface area contributed by atoms with Gasteiger partial charge >= 0.3 is 0 Å². The van der Waals surface area contributed by atoms with Crippen LogP contribution in [0, 0.1) is 0 Å².